The van der Waals surface area contributed by atoms with Crippen LogP contribution in [0.1, 0.15) is 0 Å². The zero-order valence-electron chi connectivity index (χ0n) is 5.41. The number of anilines is 1. The van der Waals surface area contributed by atoms with E-state index in [4.69, 9.17) is 17.3 Å². The van der Waals surface area contributed by atoms with Crippen LogP contribution in [-0.2, 0) is 0 Å². The Hall–Kier alpha value is -0.870. The lowest BCUT2D eigenvalue weighted by atomic mass is 10.4. The predicted octanol–water partition coefficient (Wildman–Crippen LogP) is 1.93. The molecule has 0 radical (unpaired) electrons. The average Bonchev–Trinajstić information content (AvgIpc) is 2.32. The summed E-state index contributed by atoms with van der Waals surface area (Å²) in [5.74, 6) is 0. The zero-order valence-corrected chi connectivity index (χ0v) is 6.99. The maximum Gasteiger partial charge on any atom is 0.133 e. The molecular weight excluding hydrogens is 182 g/mol. The number of pyridine rings is 1. The third-order valence-electron chi connectivity index (χ3n) is 1.31. The highest BCUT2D eigenvalue weighted by Crippen LogP contribution is 2.23. The van der Waals surface area contributed by atoms with Gasteiger partial charge in [0.1, 0.15) is 16.0 Å². The lowest BCUT2D eigenvalue weighted by Gasteiger charge is -1.88. The molecule has 2 rings (SSSR count). The summed E-state index contributed by atoms with van der Waals surface area (Å²) in [5, 5.41) is 1.22. The quantitative estimate of drug-likeness (QED) is 0.683. The topological polar surface area (TPSA) is 51.8 Å². The Morgan fingerprint density at radius 2 is 2.36 bits per heavy atom. The molecule has 0 aliphatic carbocycles. The molecule has 56 valence electrons. The highest BCUT2D eigenvalue weighted by Gasteiger charge is 2.03. The normalized spacial score (nSPS) is 10.6. The summed E-state index contributed by atoms with van der Waals surface area (Å²) in [5.41, 5.74) is 7.08. The van der Waals surface area contributed by atoms with Crippen LogP contribution in [0.15, 0.2) is 12.3 Å². The van der Waals surface area contributed by atoms with E-state index >= 15 is 0 Å². The molecule has 0 aliphatic rings. The van der Waals surface area contributed by atoms with E-state index in [1.807, 2.05) is 0 Å². The average molecular weight is 186 g/mol. The fourth-order valence-electron chi connectivity index (χ4n) is 0.830. The van der Waals surface area contributed by atoms with Crippen LogP contribution in [0.3, 0.4) is 0 Å². The zero-order chi connectivity index (χ0) is 7.84. The molecule has 2 heterocycles. The second-order valence-corrected chi connectivity index (χ2v) is 3.31. The van der Waals surface area contributed by atoms with Gasteiger partial charge < -0.3 is 5.73 Å². The summed E-state index contributed by atoms with van der Waals surface area (Å²) in [6, 6.07) is 1.75. The molecule has 0 saturated heterocycles. The van der Waals surface area contributed by atoms with Crippen LogP contribution in [0.25, 0.3) is 11.0 Å². The summed E-state index contributed by atoms with van der Waals surface area (Å²) >= 11 is 6.92. The summed E-state index contributed by atoms with van der Waals surface area (Å²) < 4.78 is 4.05. The van der Waals surface area contributed by atoms with E-state index < -0.39 is 0 Å². The van der Waals surface area contributed by atoms with Gasteiger partial charge in [-0.15, -0.1) is 0 Å². The number of halogens is 1. The molecule has 0 atom stereocenters. The summed E-state index contributed by atoms with van der Waals surface area (Å²) in [6.07, 6.45) is 1.56. The molecule has 0 amide bonds. The number of nitrogens with two attached hydrogens (primary N) is 1. The number of hydrogen-bond donors (Lipinski definition) is 1. The van der Waals surface area contributed by atoms with Crippen LogP contribution in [-0.4, -0.2) is 9.36 Å². The molecule has 2 aromatic heterocycles. The molecule has 3 nitrogen and oxygen atoms in total. The van der Waals surface area contributed by atoms with Crippen molar-refractivity contribution < 1.29 is 0 Å². The first-order chi connectivity index (χ1) is 5.27. The maximum absolute atomic E-state index is 5.69. The van der Waals surface area contributed by atoms with Crippen molar-refractivity contribution in [3.63, 3.8) is 0 Å². The predicted molar refractivity (Wildman–Crippen MR) is 46.8 cm³/mol. The standard InChI is InChI=1S/C6H4ClN3S/c7-3-1-4-5(9-2-3)6(8)11-10-4/h1-2H,8H2. The number of rotatable bonds is 0. The minimum absolute atomic E-state index is 0.586. The van der Waals surface area contributed by atoms with Crippen LogP contribution in [0.2, 0.25) is 5.02 Å². The van der Waals surface area contributed by atoms with Gasteiger partial charge in [0.2, 0.25) is 0 Å². The second-order valence-electron chi connectivity index (χ2n) is 2.07. The van der Waals surface area contributed by atoms with Gasteiger partial charge >= 0.3 is 0 Å². The third-order valence-corrected chi connectivity index (χ3v) is 2.19. The third kappa shape index (κ3) is 1.04. The molecular formula is C6H4ClN3S. The van der Waals surface area contributed by atoms with E-state index in [0.29, 0.717) is 10.0 Å². The highest BCUT2D eigenvalue weighted by molar-refractivity contribution is 7.11. The van der Waals surface area contributed by atoms with Gasteiger partial charge in [0.05, 0.1) is 5.02 Å². The van der Waals surface area contributed by atoms with Crippen LogP contribution in [0.5, 0.6) is 0 Å². The Balaban J connectivity index is 2.86. The van der Waals surface area contributed by atoms with Gasteiger partial charge in [-0.1, -0.05) is 11.6 Å². The molecule has 0 saturated carbocycles. The summed E-state index contributed by atoms with van der Waals surface area (Å²) in [6.45, 7) is 0. The van der Waals surface area contributed by atoms with Crippen LogP contribution < -0.4 is 5.73 Å². The Labute approximate surface area is 72.0 Å². The lowest BCUT2D eigenvalue weighted by Crippen LogP contribution is -1.81. The van der Waals surface area contributed by atoms with Crippen LogP contribution in [0, 0.1) is 0 Å². The molecule has 0 spiro atoms. The van der Waals surface area contributed by atoms with E-state index in [2.05, 4.69) is 9.36 Å². The second kappa shape index (κ2) is 2.32. The number of fused-ring (bicyclic) bond motifs is 1. The molecule has 0 bridgehead atoms. The van der Waals surface area contributed by atoms with Crippen molar-refractivity contribution in [2.75, 3.05) is 5.73 Å². The maximum atomic E-state index is 5.69. The van der Waals surface area contributed by atoms with Crippen molar-refractivity contribution in [1.29, 1.82) is 0 Å². The molecule has 0 fully saturated rings. The van der Waals surface area contributed by atoms with Crippen LogP contribution in [0.4, 0.5) is 5.00 Å². The van der Waals surface area contributed by atoms with Gasteiger partial charge in [0.25, 0.3) is 0 Å². The lowest BCUT2D eigenvalue weighted by molar-refractivity contribution is 1.41. The van der Waals surface area contributed by atoms with Gasteiger partial charge in [-0.05, 0) is 17.6 Å². The number of nitrogens with zero attached hydrogens (tertiary/aromatic N) is 2. The molecule has 2 aromatic rings. The first kappa shape index (κ1) is 6.82. The molecule has 11 heavy (non-hydrogen) atoms. The molecule has 0 aromatic carbocycles. The first-order valence-electron chi connectivity index (χ1n) is 2.94. The highest BCUT2D eigenvalue weighted by atomic mass is 35.5. The first-order valence-corrected chi connectivity index (χ1v) is 4.09. The Morgan fingerprint density at radius 3 is 3.18 bits per heavy atom. The van der Waals surface area contributed by atoms with E-state index in [1.54, 1.807) is 12.3 Å². The van der Waals surface area contributed by atoms with Crippen molar-refractivity contribution in [3.8, 4) is 0 Å². The number of nitrogen functional groups attached to an aromatic ring is 1. The minimum atomic E-state index is 0.586. The molecule has 0 unspecified atom stereocenters. The van der Waals surface area contributed by atoms with Gasteiger partial charge in [-0.25, -0.2) is 4.98 Å². The van der Waals surface area contributed by atoms with Gasteiger partial charge in [0.15, 0.2) is 0 Å². The number of aromatic nitrogens is 2. The van der Waals surface area contributed by atoms with Crippen molar-refractivity contribution >= 4 is 39.2 Å². The van der Waals surface area contributed by atoms with E-state index in [9.17, 15) is 0 Å². The fourth-order valence-corrected chi connectivity index (χ4v) is 1.56. The van der Waals surface area contributed by atoms with Crippen molar-refractivity contribution in [3.05, 3.63) is 17.3 Å². The fraction of sp³-hybridized carbons (Fsp3) is 0. The molecule has 5 heteroatoms. The molecule has 2 N–H and O–H groups in total. The van der Waals surface area contributed by atoms with Gasteiger partial charge in [-0.2, -0.15) is 4.37 Å². The Bertz CT molecular complexity index is 398. The monoisotopic (exact) mass is 185 g/mol. The molecule has 0 aliphatic heterocycles. The summed E-state index contributed by atoms with van der Waals surface area (Å²) in [7, 11) is 0. The smallest absolute Gasteiger partial charge is 0.133 e. The van der Waals surface area contributed by atoms with E-state index in [-0.39, 0.29) is 0 Å². The Morgan fingerprint density at radius 1 is 1.55 bits per heavy atom. The Kier molecular flexibility index (Phi) is 1.44. The largest absolute Gasteiger partial charge is 0.388 e. The minimum Gasteiger partial charge on any atom is -0.388 e. The summed E-state index contributed by atoms with van der Waals surface area (Å²) in [4.78, 5) is 4.03. The van der Waals surface area contributed by atoms with Gasteiger partial charge in [-0.3, -0.25) is 0 Å². The SMILES string of the molecule is Nc1snc2cc(Cl)cnc12. The van der Waals surface area contributed by atoms with Crippen molar-refractivity contribution in [1.82, 2.24) is 9.36 Å². The van der Waals surface area contributed by atoms with Crippen molar-refractivity contribution in [2.45, 2.75) is 0 Å². The number of hydrogen-bond acceptors (Lipinski definition) is 4. The van der Waals surface area contributed by atoms with Gasteiger partial charge in [0, 0.05) is 6.20 Å². The van der Waals surface area contributed by atoms with Crippen molar-refractivity contribution in [2.24, 2.45) is 0 Å². The van der Waals surface area contributed by atoms with Crippen LogP contribution >= 0.6 is 23.1 Å². The van der Waals surface area contributed by atoms with E-state index in [1.165, 1.54) is 11.5 Å². The van der Waals surface area contributed by atoms with E-state index in [0.717, 1.165) is 11.0 Å².